The van der Waals surface area contributed by atoms with Crippen LogP contribution in [-0.4, -0.2) is 47.4 Å². The van der Waals surface area contributed by atoms with Gasteiger partial charge in [0.05, 0.1) is 5.37 Å². The molecule has 2 bridgehead atoms. The van der Waals surface area contributed by atoms with Gasteiger partial charge in [0.25, 0.3) is 0 Å². The molecule has 3 heteroatoms. The molecule has 0 radical (unpaired) electrons. The van der Waals surface area contributed by atoms with Gasteiger partial charge in [-0.3, -0.25) is 9.80 Å². The summed E-state index contributed by atoms with van der Waals surface area (Å²) >= 11 is 4.44. The van der Waals surface area contributed by atoms with Crippen LogP contribution >= 0.6 is 12.6 Å². The Morgan fingerprint density at radius 3 is 2.27 bits per heavy atom. The minimum atomic E-state index is 0.439. The van der Waals surface area contributed by atoms with Gasteiger partial charge in [0.15, 0.2) is 0 Å². The van der Waals surface area contributed by atoms with Crippen LogP contribution in [0.1, 0.15) is 13.3 Å². The molecule has 0 aromatic carbocycles. The zero-order chi connectivity index (χ0) is 8.01. The number of nitrogens with zero attached hydrogens (tertiary/aromatic N) is 2. The summed E-state index contributed by atoms with van der Waals surface area (Å²) < 4.78 is 0. The summed E-state index contributed by atoms with van der Waals surface area (Å²) in [4.78, 5) is 4.95. The van der Waals surface area contributed by atoms with Crippen LogP contribution in [0, 0.1) is 0 Å². The van der Waals surface area contributed by atoms with Gasteiger partial charge in [-0.1, -0.05) is 0 Å². The molecule has 0 aliphatic carbocycles. The molecule has 0 aromatic rings. The molecule has 3 atom stereocenters. The van der Waals surface area contributed by atoms with Crippen molar-refractivity contribution in [3.8, 4) is 0 Å². The Labute approximate surface area is 74.0 Å². The second-order valence-corrected chi connectivity index (χ2v) is 4.54. The molecular weight excluding hydrogens is 156 g/mol. The Kier molecular flexibility index (Phi) is 1.90. The Hall–Kier alpha value is 0.270. The first-order valence-corrected chi connectivity index (χ1v) is 4.84. The van der Waals surface area contributed by atoms with Crippen molar-refractivity contribution >= 4 is 12.6 Å². The summed E-state index contributed by atoms with van der Waals surface area (Å²) in [7, 11) is 2.24. The second kappa shape index (κ2) is 2.64. The van der Waals surface area contributed by atoms with E-state index in [2.05, 4.69) is 36.4 Å². The molecule has 3 aliphatic rings. The van der Waals surface area contributed by atoms with Crippen LogP contribution in [0.4, 0.5) is 0 Å². The van der Waals surface area contributed by atoms with Crippen LogP contribution in [-0.2, 0) is 0 Å². The lowest BCUT2D eigenvalue weighted by Crippen LogP contribution is -2.67. The number of hydrogen-bond donors (Lipinski definition) is 1. The van der Waals surface area contributed by atoms with E-state index in [1.54, 1.807) is 0 Å². The maximum Gasteiger partial charge on any atom is 0.0500 e. The van der Waals surface area contributed by atoms with Gasteiger partial charge >= 0.3 is 0 Å². The minimum Gasteiger partial charge on any atom is -0.298 e. The number of fused-ring (bicyclic) bond motifs is 2. The second-order valence-electron chi connectivity index (χ2n) is 3.79. The third-order valence-corrected chi connectivity index (χ3v) is 3.44. The van der Waals surface area contributed by atoms with Gasteiger partial charge in [0.2, 0.25) is 0 Å². The lowest BCUT2D eigenvalue weighted by Gasteiger charge is -2.55. The Bertz CT molecular complexity index is 148. The van der Waals surface area contributed by atoms with Gasteiger partial charge in [-0.2, -0.15) is 12.6 Å². The summed E-state index contributed by atoms with van der Waals surface area (Å²) in [6, 6.07) is 1.65. The van der Waals surface area contributed by atoms with Crippen LogP contribution in [0.2, 0.25) is 0 Å². The van der Waals surface area contributed by atoms with Gasteiger partial charge in [-0.15, -0.1) is 0 Å². The van der Waals surface area contributed by atoms with Crippen molar-refractivity contribution in [1.29, 1.82) is 0 Å². The Morgan fingerprint density at radius 1 is 1.36 bits per heavy atom. The standard InChI is InChI=1S/C8H16N2S/c1-6(11)10-4-7-3-8(5-10)9(7)2/h6-8,11H,3-5H2,1-2H3/t6-,7?,8?/m0/s1. The summed E-state index contributed by atoms with van der Waals surface area (Å²) in [5.41, 5.74) is 0. The molecular formula is C8H16N2S. The molecule has 3 saturated heterocycles. The normalized spacial score (nSPS) is 41.7. The highest BCUT2D eigenvalue weighted by molar-refractivity contribution is 7.80. The summed E-state index contributed by atoms with van der Waals surface area (Å²) in [6.45, 7) is 4.60. The number of thiol groups is 1. The molecule has 3 fully saturated rings. The van der Waals surface area contributed by atoms with Gasteiger partial charge in [-0.05, 0) is 20.4 Å². The highest BCUT2D eigenvalue weighted by Gasteiger charge is 2.42. The molecule has 0 saturated carbocycles. The molecule has 0 aromatic heterocycles. The SMILES string of the molecule is C[C@H](S)N1CC2CC(C1)N2C. The Morgan fingerprint density at radius 2 is 1.91 bits per heavy atom. The zero-order valence-corrected chi connectivity index (χ0v) is 8.09. The number of piperazine rings is 1. The highest BCUT2D eigenvalue weighted by atomic mass is 32.1. The van der Waals surface area contributed by atoms with E-state index in [4.69, 9.17) is 0 Å². The van der Waals surface area contributed by atoms with Gasteiger partial charge in [0.1, 0.15) is 0 Å². The van der Waals surface area contributed by atoms with Crippen molar-refractivity contribution in [2.45, 2.75) is 30.8 Å². The molecule has 0 amide bonds. The predicted octanol–water partition coefficient (Wildman–Crippen LogP) is 0.650. The average Bonchev–Trinajstić information content (AvgIpc) is 2.03. The van der Waals surface area contributed by atoms with E-state index < -0.39 is 0 Å². The van der Waals surface area contributed by atoms with E-state index in [1.807, 2.05) is 0 Å². The molecule has 0 spiro atoms. The van der Waals surface area contributed by atoms with Crippen LogP contribution < -0.4 is 0 Å². The average molecular weight is 172 g/mol. The predicted molar refractivity (Wildman–Crippen MR) is 50.0 cm³/mol. The van der Waals surface area contributed by atoms with Crippen LogP contribution in [0.5, 0.6) is 0 Å². The van der Waals surface area contributed by atoms with Crippen LogP contribution in [0.15, 0.2) is 0 Å². The van der Waals surface area contributed by atoms with E-state index in [0.717, 1.165) is 12.1 Å². The third-order valence-electron chi connectivity index (χ3n) is 3.12. The van der Waals surface area contributed by atoms with E-state index in [1.165, 1.54) is 19.5 Å². The maximum atomic E-state index is 4.44. The zero-order valence-electron chi connectivity index (χ0n) is 7.20. The molecule has 3 rings (SSSR count). The van der Waals surface area contributed by atoms with E-state index in [-0.39, 0.29) is 0 Å². The van der Waals surface area contributed by atoms with Gasteiger partial charge < -0.3 is 0 Å². The Balaban J connectivity index is 1.94. The monoisotopic (exact) mass is 172 g/mol. The lowest BCUT2D eigenvalue weighted by molar-refractivity contribution is -0.0521. The molecule has 3 heterocycles. The minimum absolute atomic E-state index is 0.439. The largest absolute Gasteiger partial charge is 0.298 e. The third kappa shape index (κ3) is 1.19. The van der Waals surface area contributed by atoms with Crippen molar-refractivity contribution in [2.75, 3.05) is 20.1 Å². The summed E-state index contributed by atoms with van der Waals surface area (Å²) in [5, 5.41) is 0.439. The molecule has 0 N–H and O–H groups in total. The van der Waals surface area contributed by atoms with Crippen molar-refractivity contribution in [3.05, 3.63) is 0 Å². The van der Waals surface area contributed by atoms with E-state index in [9.17, 15) is 0 Å². The molecule has 3 aliphatic heterocycles. The first-order chi connectivity index (χ1) is 5.18. The van der Waals surface area contributed by atoms with E-state index >= 15 is 0 Å². The first kappa shape index (κ1) is 7.90. The fourth-order valence-corrected chi connectivity index (χ4v) is 2.32. The smallest absolute Gasteiger partial charge is 0.0500 e. The maximum absolute atomic E-state index is 4.44. The molecule has 2 unspecified atom stereocenters. The molecule has 2 nitrogen and oxygen atoms in total. The molecule has 11 heavy (non-hydrogen) atoms. The molecule has 64 valence electrons. The van der Waals surface area contributed by atoms with Crippen molar-refractivity contribution < 1.29 is 0 Å². The summed E-state index contributed by atoms with van der Waals surface area (Å²) in [5.74, 6) is 0. The summed E-state index contributed by atoms with van der Waals surface area (Å²) in [6.07, 6.45) is 1.41. The van der Waals surface area contributed by atoms with Gasteiger partial charge in [0, 0.05) is 25.2 Å². The topological polar surface area (TPSA) is 6.48 Å². The fraction of sp³-hybridized carbons (Fsp3) is 1.00. The first-order valence-electron chi connectivity index (χ1n) is 4.32. The quantitative estimate of drug-likeness (QED) is 0.580. The van der Waals surface area contributed by atoms with Crippen molar-refractivity contribution in [2.24, 2.45) is 0 Å². The van der Waals surface area contributed by atoms with Crippen molar-refractivity contribution in [1.82, 2.24) is 9.80 Å². The number of hydrogen-bond acceptors (Lipinski definition) is 3. The highest BCUT2D eigenvalue weighted by Crippen LogP contribution is 2.31. The number of piperidine rings is 1. The fourth-order valence-electron chi connectivity index (χ4n) is 2.13. The lowest BCUT2D eigenvalue weighted by atomic mass is 9.88. The van der Waals surface area contributed by atoms with Crippen molar-refractivity contribution in [3.63, 3.8) is 0 Å². The number of likely N-dealkylation sites (N-methyl/N-ethyl adjacent to an activating group) is 1. The van der Waals surface area contributed by atoms with E-state index in [0.29, 0.717) is 5.37 Å². The van der Waals surface area contributed by atoms with Crippen LogP contribution in [0.25, 0.3) is 0 Å². The van der Waals surface area contributed by atoms with Crippen LogP contribution in [0.3, 0.4) is 0 Å². The van der Waals surface area contributed by atoms with Gasteiger partial charge in [-0.25, -0.2) is 0 Å². The number of rotatable bonds is 1.